The number of ether oxygens (including phenoxy) is 6. The predicted molar refractivity (Wildman–Crippen MR) is 366 cm³/mol. The average Bonchev–Trinajstić information content (AvgIpc) is 0.758. The maximum absolute atomic E-state index is 13.5. The normalized spacial score (nSPS) is 27.7. The third kappa shape index (κ3) is 34.3. The van der Waals surface area contributed by atoms with Crippen LogP contribution in [0.5, 0.6) is 0 Å². The van der Waals surface area contributed by atoms with Gasteiger partial charge in [0, 0.05) is 19.8 Å². The molecule has 3 fully saturated rings. The van der Waals surface area contributed by atoms with Crippen LogP contribution in [-0.4, -0.2) is 215 Å². The van der Waals surface area contributed by atoms with Gasteiger partial charge in [-0.1, -0.05) is 244 Å². The molecule has 23 nitrogen and oxygen atoms in total. The molecule has 14 N–H and O–H groups in total. The number of carboxylic acids is 1. The van der Waals surface area contributed by atoms with Gasteiger partial charge in [-0.2, -0.15) is 0 Å². The number of carboxylic acid groups (broad SMARTS) is 1. The van der Waals surface area contributed by atoms with Crippen molar-refractivity contribution in [2.75, 3.05) is 26.4 Å². The van der Waals surface area contributed by atoms with E-state index in [4.69, 9.17) is 28.4 Å². The number of aliphatic hydroxyl groups is 11. The predicted octanol–water partition coefficient (Wildman–Crippen LogP) is 8.40. The van der Waals surface area contributed by atoms with Gasteiger partial charge in [-0.3, -0.25) is 9.59 Å². The summed E-state index contributed by atoms with van der Waals surface area (Å²) in [6.07, 6.45) is 26.2. The van der Waals surface area contributed by atoms with Gasteiger partial charge in [0.25, 0.3) is 5.79 Å². The highest BCUT2D eigenvalue weighted by molar-refractivity contribution is 5.77. The maximum atomic E-state index is 13.5. The zero-order chi connectivity index (χ0) is 70.4. The molecule has 3 aliphatic heterocycles. The van der Waals surface area contributed by atoms with Gasteiger partial charge < -0.3 is 100 Å². The van der Waals surface area contributed by atoms with Crippen LogP contribution in [0.2, 0.25) is 0 Å². The van der Waals surface area contributed by atoms with Gasteiger partial charge in [0.1, 0.15) is 67.1 Å². The summed E-state index contributed by atoms with van der Waals surface area (Å²) in [7, 11) is 0. The van der Waals surface area contributed by atoms with E-state index < -0.39 is 148 Å². The third-order valence-electron chi connectivity index (χ3n) is 19.2. The topological polar surface area (TPSA) is 373 Å². The molecule has 0 aromatic carbocycles. The van der Waals surface area contributed by atoms with Crippen LogP contribution in [0.1, 0.15) is 284 Å². The van der Waals surface area contributed by atoms with Crippen LogP contribution in [0.3, 0.4) is 0 Å². The molecule has 2 amide bonds. The lowest BCUT2D eigenvalue weighted by Crippen LogP contribution is -2.70. The first-order chi connectivity index (χ1) is 46.4. The average molecular weight is 1380 g/mol. The van der Waals surface area contributed by atoms with E-state index in [0.717, 1.165) is 71.1 Å². The Morgan fingerprint density at radius 3 is 1.46 bits per heavy atom. The molecule has 0 aliphatic carbocycles. The van der Waals surface area contributed by atoms with E-state index in [1.807, 2.05) is 0 Å². The van der Waals surface area contributed by atoms with Gasteiger partial charge in [0.15, 0.2) is 12.6 Å². The Kier molecular flexibility index (Phi) is 48.3. The minimum atomic E-state index is -3.08. The first-order valence-electron chi connectivity index (χ1n) is 37.7. The van der Waals surface area contributed by atoms with E-state index in [2.05, 4.69) is 48.8 Å². The van der Waals surface area contributed by atoms with Crippen molar-refractivity contribution in [2.45, 2.75) is 394 Å². The van der Waals surface area contributed by atoms with Crippen LogP contribution in [-0.2, 0) is 42.8 Å². The van der Waals surface area contributed by atoms with Crippen LogP contribution in [0, 0.1) is 0 Å². The summed E-state index contributed by atoms with van der Waals surface area (Å²) in [6, 6.07) is -2.53. The summed E-state index contributed by atoms with van der Waals surface area (Å²) in [5, 5.41) is 136. The highest BCUT2D eigenvalue weighted by atomic mass is 16.8. The Balaban J connectivity index is 1.50. The number of unbranched alkanes of at least 4 members (excludes halogenated alkanes) is 34. The molecule has 96 heavy (non-hydrogen) atoms. The third-order valence-corrected chi connectivity index (χ3v) is 19.2. The molecule has 0 saturated carbocycles. The van der Waals surface area contributed by atoms with E-state index >= 15 is 0 Å². The number of carbonyl (C=O) groups is 3. The molecule has 3 rings (SSSR count). The molecular weight excluding hydrogens is 1240 g/mol. The van der Waals surface area contributed by atoms with Crippen molar-refractivity contribution in [1.29, 1.82) is 0 Å². The van der Waals surface area contributed by atoms with Crippen molar-refractivity contribution in [3.8, 4) is 0 Å². The molecule has 0 aromatic rings. The maximum Gasteiger partial charge on any atom is 0.364 e. The van der Waals surface area contributed by atoms with E-state index in [9.17, 15) is 75.7 Å². The molecule has 3 heterocycles. The second kappa shape index (κ2) is 53.1. The van der Waals surface area contributed by atoms with Crippen LogP contribution in [0.15, 0.2) is 24.3 Å². The van der Waals surface area contributed by atoms with Crippen molar-refractivity contribution in [1.82, 2.24) is 10.6 Å². The molecule has 3 saturated heterocycles. The highest BCUT2D eigenvalue weighted by Gasteiger charge is 2.60. The number of hydrogen-bond donors (Lipinski definition) is 14. The molecule has 18 atom stereocenters. The zero-order valence-corrected chi connectivity index (χ0v) is 59.0. The quantitative estimate of drug-likeness (QED) is 0.0201. The Labute approximate surface area is 574 Å². The molecule has 3 aliphatic rings. The van der Waals surface area contributed by atoms with Crippen LogP contribution < -0.4 is 10.6 Å². The molecule has 18 unspecified atom stereocenters. The van der Waals surface area contributed by atoms with Gasteiger partial charge >= 0.3 is 5.97 Å². The molecule has 0 radical (unpaired) electrons. The lowest BCUT2D eigenvalue weighted by molar-refractivity contribution is -0.386. The number of aliphatic hydroxyl groups excluding tert-OH is 11. The van der Waals surface area contributed by atoms with Crippen LogP contribution in [0.4, 0.5) is 0 Å². The minimum Gasteiger partial charge on any atom is -0.477 e. The summed E-state index contributed by atoms with van der Waals surface area (Å²) < 4.78 is 34.9. The first-order valence-corrected chi connectivity index (χ1v) is 37.7. The summed E-state index contributed by atoms with van der Waals surface area (Å²) in [6.45, 7) is 2.21. The second-order valence-electron chi connectivity index (χ2n) is 27.5. The van der Waals surface area contributed by atoms with Crippen LogP contribution >= 0.6 is 0 Å². The summed E-state index contributed by atoms with van der Waals surface area (Å²) in [5.74, 6) is -6.10. The minimum absolute atomic E-state index is 0.223. The fourth-order valence-corrected chi connectivity index (χ4v) is 13.2. The number of allylic oxidation sites excluding steroid dienone is 4. The Morgan fingerprint density at radius 1 is 0.542 bits per heavy atom. The number of amides is 2. The first kappa shape index (κ1) is 87.4. The molecule has 23 heteroatoms. The number of aliphatic carboxylic acids is 1. The smallest absolute Gasteiger partial charge is 0.364 e. The zero-order valence-electron chi connectivity index (χ0n) is 59.0. The summed E-state index contributed by atoms with van der Waals surface area (Å²) >= 11 is 0. The van der Waals surface area contributed by atoms with E-state index in [1.54, 1.807) is 0 Å². The summed E-state index contributed by atoms with van der Waals surface area (Å²) in [5.41, 5.74) is 0. The lowest BCUT2D eigenvalue weighted by Gasteiger charge is -2.50. The number of hydrogen-bond acceptors (Lipinski definition) is 20. The molecule has 0 spiro atoms. The van der Waals surface area contributed by atoms with Crippen molar-refractivity contribution in [3.63, 3.8) is 0 Å². The lowest BCUT2D eigenvalue weighted by atomic mass is 9.88. The highest BCUT2D eigenvalue weighted by Crippen LogP contribution is 2.39. The van der Waals surface area contributed by atoms with E-state index in [-0.39, 0.29) is 18.9 Å². The molecule has 0 aromatic heterocycles. The molecular formula is C73H134N2O21. The van der Waals surface area contributed by atoms with Gasteiger partial charge in [-0.25, -0.2) is 4.79 Å². The SMILES string of the molecule is CCCCCCCCCCC/C=C\C/C=C\CCCCCCCCCCCCCCCC(=O)NC(COC1OC(CO)C(OC2OC(CO)C(O)C(OC3(C(=O)O)CC(O)C(NC(C)=O)C(C(O)C(O)CO)O3)C2O)C(O)C1O)C(O)CCCCCCCCCCCCCCC. The van der Waals surface area contributed by atoms with E-state index in [0.29, 0.717) is 19.3 Å². The Hall–Kier alpha value is -2.79. The van der Waals surface area contributed by atoms with Crippen molar-refractivity contribution < 1.29 is 104 Å². The second-order valence-corrected chi connectivity index (χ2v) is 27.5. The fourth-order valence-electron chi connectivity index (χ4n) is 13.2. The van der Waals surface area contributed by atoms with Crippen molar-refractivity contribution in [3.05, 3.63) is 24.3 Å². The Morgan fingerprint density at radius 2 is 1.00 bits per heavy atom. The number of carbonyl (C=O) groups excluding carboxylic acids is 2. The largest absolute Gasteiger partial charge is 0.477 e. The molecule has 562 valence electrons. The van der Waals surface area contributed by atoms with Crippen LogP contribution in [0.25, 0.3) is 0 Å². The van der Waals surface area contributed by atoms with Gasteiger partial charge in [0.05, 0.1) is 50.7 Å². The number of nitrogens with one attached hydrogen (secondary N) is 2. The number of rotatable bonds is 58. The van der Waals surface area contributed by atoms with Gasteiger partial charge in [-0.15, -0.1) is 0 Å². The van der Waals surface area contributed by atoms with Crippen molar-refractivity contribution in [2.24, 2.45) is 0 Å². The summed E-state index contributed by atoms with van der Waals surface area (Å²) in [4.78, 5) is 38.6. The Bertz CT molecular complexity index is 2030. The van der Waals surface area contributed by atoms with E-state index in [1.165, 1.54) is 167 Å². The van der Waals surface area contributed by atoms with Gasteiger partial charge in [0.2, 0.25) is 11.8 Å². The monoisotopic (exact) mass is 1370 g/mol. The van der Waals surface area contributed by atoms with Gasteiger partial charge in [-0.05, 0) is 44.9 Å². The molecule has 0 bridgehead atoms. The standard InChI is InChI=1S/C73H134N2O21/c1-4-6-8-10-12-14-16-18-19-20-21-22-23-24-25-26-27-28-29-30-31-32-33-35-37-39-41-43-45-47-60(83)75-54(55(80)46-44-42-40-38-36-34-17-15-13-11-9-7-5-2)52-91-70-65(87)64(86)67(59(51-78)93-70)94-71-66(88)69(63(85)58(50-77)92-71)96-73(72(89)90)48-56(81)61(74-53(3)79)68(95-73)62(84)57(82)49-76/h21-22,24-25,54-59,61-71,76-78,80-82,84-88H,4-20,23,26-52H2,1-3H3,(H,74,79)(H,75,83)(H,89,90)/b22-21-,25-24-. The van der Waals surface area contributed by atoms with Crippen molar-refractivity contribution >= 4 is 17.8 Å². The fraction of sp³-hybridized carbons (Fsp3) is 0.904.